The first-order valence-corrected chi connectivity index (χ1v) is 8.66. The fourth-order valence-electron chi connectivity index (χ4n) is 3.25. The lowest BCUT2D eigenvalue weighted by atomic mass is 10.0. The van der Waals surface area contributed by atoms with Crippen molar-refractivity contribution < 1.29 is 9.90 Å². The first-order valence-electron chi connectivity index (χ1n) is 8.66. The van der Waals surface area contributed by atoms with E-state index >= 15 is 0 Å². The third kappa shape index (κ3) is 3.52. The van der Waals surface area contributed by atoms with Crippen LogP contribution in [0.2, 0.25) is 0 Å². The number of hydrogen-bond donors (Lipinski definition) is 4. The van der Waals surface area contributed by atoms with E-state index in [9.17, 15) is 9.90 Å². The Labute approximate surface area is 155 Å². The Bertz CT molecular complexity index is 1100. The summed E-state index contributed by atoms with van der Waals surface area (Å²) >= 11 is 0. The number of aromatic hydroxyl groups is 1. The smallest absolute Gasteiger partial charge is 0.252 e. The molecule has 0 aliphatic heterocycles. The Morgan fingerprint density at radius 1 is 1.04 bits per heavy atom. The molecular formula is C20H19N5O2. The first-order chi connectivity index (χ1) is 13.1. The predicted molar refractivity (Wildman–Crippen MR) is 102 cm³/mol. The van der Waals surface area contributed by atoms with E-state index in [1.54, 1.807) is 18.3 Å². The van der Waals surface area contributed by atoms with E-state index in [1.807, 2.05) is 30.3 Å². The Hall–Kier alpha value is -3.61. The van der Waals surface area contributed by atoms with Gasteiger partial charge in [0, 0.05) is 11.8 Å². The summed E-state index contributed by atoms with van der Waals surface area (Å²) in [6.07, 6.45) is 3.58. The fraction of sp³-hybridized carbons (Fsp3) is 0.150. The van der Waals surface area contributed by atoms with Gasteiger partial charge in [-0.3, -0.25) is 15.0 Å². The van der Waals surface area contributed by atoms with Crippen molar-refractivity contribution in [1.29, 1.82) is 0 Å². The highest BCUT2D eigenvalue weighted by Crippen LogP contribution is 2.20. The number of aromatic amines is 2. The summed E-state index contributed by atoms with van der Waals surface area (Å²) in [5.74, 6) is -0.253. The third-order valence-corrected chi connectivity index (χ3v) is 4.63. The normalized spacial score (nSPS) is 11.1. The number of phenols is 1. The van der Waals surface area contributed by atoms with Gasteiger partial charge in [0.25, 0.3) is 5.91 Å². The first kappa shape index (κ1) is 16.8. The van der Waals surface area contributed by atoms with Gasteiger partial charge in [-0.05, 0) is 48.2 Å². The van der Waals surface area contributed by atoms with Crippen LogP contribution in [-0.2, 0) is 19.3 Å². The molecule has 0 fully saturated rings. The largest absolute Gasteiger partial charge is 0.508 e. The number of nitrogens with two attached hydrogens (primary N) is 1. The number of phenolic OH excluding ortho intramolecular Hbond substituents is 1. The number of carbonyl (C=O) groups is 1. The van der Waals surface area contributed by atoms with Crippen LogP contribution in [0.3, 0.4) is 0 Å². The molecule has 2 aromatic carbocycles. The molecule has 4 rings (SSSR count). The lowest BCUT2D eigenvalue weighted by Crippen LogP contribution is -2.15. The van der Waals surface area contributed by atoms with E-state index < -0.39 is 5.91 Å². The number of amides is 1. The Morgan fingerprint density at radius 3 is 2.59 bits per heavy atom. The van der Waals surface area contributed by atoms with Crippen molar-refractivity contribution in [2.45, 2.75) is 19.3 Å². The maximum Gasteiger partial charge on any atom is 0.252 e. The monoisotopic (exact) mass is 361 g/mol. The van der Waals surface area contributed by atoms with Crippen LogP contribution in [-0.4, -0.2) is 31.4 Å². The van der Waals surface area contributed by atoms with Crippen LogP contribution in [0.25, 0.3) is 10.9 Å². The number of aromatic nitrogens is 4. The molecule has 7 nitrogen and oxygen atoms in total. The molecule has 0 radical (unpaired) electrons. The summed E-state index contributed by atoms with van der Waals surface area (Å²) in [5.41, 5.74) is 10.5. The van der Waals surface area contributed by atoms with Crippen LogP contribution in [0, 0.1) is 0 Å². The van der Waals surface area contributed by atoms with Crippen LogP contribution in [0.1, 0.15) is 32.9 Å². The fourth-order valence-corrected chi connectivity index (χ4v) is 3.25. The average molecular weight is 361 g/mol. The summed E-state index contributed by atoms with van der Waals surface area (Å²) in [6, 6.07) is 13.0. The van der Waals surface area contributed by atoms with E-state index in [4.69, 9.17) is 5.73 Å². The molecular weight excluding hydrogens is 342 g/mol. The van der Waals surface area contributed by atoms with Gasteiger partial charge >= 0.3 is 0 Å². The SMILES string of the molecule is NC(=O)c1c(CCc2ccc(O)cc2)n[nH]c1Cc1ccc2[nH]ncc2c1. The summed E-state index contributed by atoms with van der Waals surface area (Å²) in [7, 11) is 0. The summed E-state index contributed by atoms with van der Waals surface area (Å²) in [4.78, 5) is 12.0. The molecule has 0 bridgehead atoms. The van der Waals surface area contributed by atoms with E-state index in [0.29, 0.717) is 36.2 Å². The average Bonchev–Trinajstić information content (AvgIpc) is 3.27. The molecule has 136 valence electrons. The number of aryl methyl sites for hydroxylation is 2. The number of fused-ring (bicyclic) bond motifs is 1. The van der Waals surface area contributed by atoms with Crippen molar-refractivity contribution in [1.82, 2.24) is 20.4 Å². The number of benzene rings is 2. The number of nitrogens with zero attached hydrogens (tertiary/aromatic N) is 2. The van der Waals surface area contributed by atoms with Gasteiger partial charge in [-0.25, -0.2) is 0 Å². The van der Waals surface area contributed by atoms with E-state index in [-0.39, 0.29) is 5.75 Å². The van der Waals surface area contributed by atoms with Crippen LogP contribution >= 0.6 is 0 Å². The lowest BCUT2D eigenvalue weighted by Gasteiger charge is -2.04. The highest BCUT2D eigenvalue weighted by atomic mass is 16.3. The molecule has 0 atom stereocenters. The maximum absolute atomic E-state index is 12.0. The van der Waals surface area contributed by atoms with Crippen molar-refractivity contribution in [3.8, 4) is 5.75 Å². The van der Waals surface area contributed by atoms with Crippen molar-refractivity contribution in [2.24, 2.45) is 5.73 Å². The third-order valence-electron chi connectivity index (χ3n) is 4.63. The second-order valence-corrected chi connectivity index (χ2v) is 6.52. The van der Waals surface area contributed by atoms with Gasteiger partial charge < -0.3 is 10.8 Å². The van der Waals surface area contributed by atoms with Crippen molar-refractivity contribution in [3.63, 3.8) is 0 Å². The van der Waals surface area contributed by atoms with Gasteiger partial charge in [0.05, 0.1) is 28.7 Å². The minimum atomic E-state index is -0.483. The molecule has 4 aromatic rings. The number of nitrogens with one attached hydrogen (secondary N) is 2. The molecule has 0 spiro atoms. The molecule has 5 N–H and O–H groups in total. The summed E-state index contributed by atoms with van der Waals surface area (Å²) in [5, 5.41) is 24.6. The number of rotatable bonds is 6. The second-order valence-electron chi connectivity index (χ2n) is 6.52. The minimum Gasteiger partial charge on any atom is -0.508 e. The zero-order valence-corrected chi connectivity index (χ0v) is 14.6. The van der Waals surface area contributed by atoms with Crippen molar-refractivity contribution in [3.05, 3.63) is 76.7 Å². The number of primary amides is 1. The second kappa shape index (κ2) is 6.95. The van der Waals surface area contributed by atoms with Gasteiger partial charge in [0.2, 0.25) is 0 Å². The molecule has 0 saturated heterocycles. The zero-order valence-electron chi connectivity index (χ0n) is 14.6. The van der Waals surface area contributed by atoms with Crippen LogP contribution in [0.15, 0.2) is 48.7 Å². The quantitative estimate of drug-likeness (QED) is 0.421. The predicted octanol–water partition coefficient (Wildman–Crippen LogP) is 2.47. The molecule has 2 heterocycles. The molecule has 0 unspecified atom stereocenters. The molecule has 7 heteroatoms. The van der Waals surface area contributed by atoms with Crippen molar-refractivity contribution in [2.75, 3.05) is 0 Å². The van der Waals surface area contributed by atoms with Crippen LogP contribution in [0.4, 0.5) is 0 Å². The topological polar surface area (TPSA) is 121 Å². The summed E-state index contributed by atoms with van der Waals surface area (Å²) < 4.78 is 0. The zero-order chi connectivity index (χ0) is 18.8. The molecule has 2 aromatic heterocycles. The molecule has 27 heavy (non-hydrogen) atoms. The van der Waals surface area contributed by atoms with Gasteiger partial charge in [-0.1, -0.05) is 18.2 Å². The van der Waals surface area contributed by atoms with Gasteiger partial charge in [-0.2, -0.15) is 10.2 Å². The minimum absolute atomic E-state index is 0.230. The maximum atomic E-state index is 12.0. The highest BCUT2D eigenvalue weighted by Gasteiger charge is 2.18. The van der Waals surface area contributed by atoms with E-state index in [0.717, 1.165) is 22.0 Å². The summed E-state index contributed by atoms with van der Waals surface area (Å²) in [6.45, 7) is 0. The standard InChI is InChI=1S/C20H19N5O2/c21-20(27)19-17(8-3-12-1-5-15(26)6-2-12)24-25-18(19)10-13-4-7-16-14(9-13)11-22-23-16/h1-2,4-7,9,11,26H,3,8,10H2,(H2,21,27)(H,22,23)(H,24,25). The lowest BCUT2D eigenvalue weighted by molar-refractivity contribution is 0.0998. The molecule has 0 saturated carbocycles. The van der Waals surface area contributed by atoms with Crippen LogP contribution < -0.4 is 5.73 Å². The van der Waals surface area contributed by atoms with Crippen molar-refractivity contribution >= 4 is 16.8 Å². The highest BCUT2D eigenvalue weighted by molar-refractivity contribution is 5.95. The van der Waals surface area contributed by atoms with Gasteiger partial charge in [0.1, 0.15) is 5.75 Å². The number of hydrogen-bond acceptors (Lipinski definition) is 4. The molecule has 0 aliphatic carbocycles. The Kier molecular flexibility index (Phi) is 4.33. The van der Waals surface area contributed by atoms with Crippen LogP contribution in [0.5, 0.6) is 5.75 Å². The Morgan fingerprint density at radius 2 is 1.81 bits per heavy atom. The number of H-pyrrole nitrogens is 2. The van der Waals surface area contributed by atoms with E-state index in [1.165, 1.54) is 0 Å². The molecule has 0 aliphatic rings. The van der Waals surface area contributed by atoms with E-state index in [2.05, 4.69) is 20.4 Å². The molecule has 1 amide bonds. The van der Waals surface area contributed by atoms with Gasteiger partial charge in [0.15, 0.2) is 0 Å². The number of carbonyl (C=O) groups excluding carboxylic acids is 1. The van der Waals surface area contributed by atoms with Gasteiger partial charge in [-0.15, -0.1) is 0 Å². The Balaban J connectivity index is 1.56.